The van der Waals surface area contributed by atoms with Gasteiger partial charge in [0.25, 0.3) is 0 Å². The van der Waals surface area contributed by atoms with Gasteiger partial charge in [0, 0.05) is 21.5 Å². The molecule has 0 bridgehead atoms. The van der Waals surface area contributed by atoms with E-state index in [1.165, 1.54) is 45.5 Å². The van der Waals surface area contributed by atoms with Gasteiger partial charge in [-0.25, -0.2) is 0 Å². The van der Waals surface area contributed by atoms with Crippen molar-refractivity contribution in [3.05, 3.63) is 144 Å². The van der Waals surface area contributed by atoms with Crippen molar-refractivity contribution in [3.8, 4) is 28.6 Å². The van der Waals surface area contributed by atoms with Crippen molar-refractivity contribution >= 4 is 43.6 Å². The molecule has 8 aromatic rings. The Labute approximate surface area is 288 Å². The van der Waals surface area contributed by atoms with Crippen LogP contribution < -0.4 is 0 Å². The van der Waals surface area contributed by atoms with E-state index in [-0.39, 0.29) is 39.1 Å². The number of rotatable bonds is 3. The van der Waals surface area contributed by atoms with E-state index in [0.29, 0.717) is 32.6 Å². The van der Waals surface area contributed by atoms with E-state index in [2.05, 4.69) is 6.07 Å². The predicted molar refractivity (Wildman–Crippen MR) is 180 cm³/mol. The van der Waals surface area contributed by atoms with Crippen LogP contribution in [0.5, 0.6) is 0 Å². The van der Waals surface area contributed by atoms with Crippen LogP contribution in [0.2, 0.25) is 0 Å². The van der Waals surface area contributed by atoms with Crippen molar-refractivity contribution < 1.29 is 39.5 Å². The van der Waals surface area contributed by atoms with Gasteiger partial charge >= 0.3 is 18.5 Å². The van der Waals surface area contributed by atoms with Crippen LogP contribution in [-0.4, -0.2) is 9.13 Å². The van der Waals surface area contributed by atoms with E-state index in [1.807, 2.05) is 0 Å². The van der Waals surface area contributed by atoms with Crippen LogP contribution in [0.3, 0.4) is 0 Å². The Hall–Kier alpha value is -6.22. The zero-order chi connectivity index (χ0) is 36.7. The Morgan fingerprint density at radius 1 is 0.404 bits per heavy atom. The molecular formula is C40H20F9N3. The van der Waals surface area contributed by atoms with Gasteiger partial charge in [0.1, 0.15) is 11.6 Å². The van der Waals surface area contributed by atoms with Crippen molar-refractivity contribution in [1.82, 2.24) is 9.13 Å². The van der Waals surface area contributed by atoms with Crippen molar-refractivity contribution in [2.24, 2.45) is 0 Å². The van der Waals surface area contributed by atoms with Gasteiger partial charge in [-0.05, 0) is 71.8 Å². The van der Waals surface area contributed by atoms with Crippen LogP contribution in [0.4, 0.5) is 39.5 Å². The number of nitriles is 1. The fraction of sp³-hybridized carbons (Fsp3) is 0.0750. The first-order valence-corrected chi connectivity index (χ1v) is 15.6. The number of hydrogen-bond acceptors (Lipinski definition) is 1. The number of halogens is 9. The number of aromatic nitrogens is 2. The molecule has 8 rings (SSSR count). The molecule has 6 aromatic carbocycles. The van der Waals surface area contributed by atoms with E-state index in [1.54, 1.807) is 48.5 Å². The summed E-state index contributed by atoms with van der Waals surface area (Å²) in [6, 6.07) is 29.0. The average Bonchev–Trinajstić information content (AvgIpc) is 3.62. The van der Waals surface area contributed by atoms with E-state index < -0.39 is 35.2 Å². The molecular weight excluding hydrogens is 693 g/mol. The number of hydrogen-bond donors (Lipinski definition) is 0. The van der Waals surface area contributed by atoms with E-state index in [4.69, 9.17) is 0 Å². The number of alkyl halides is 9. The third-order valence-corrected chi connectivity index (χ3v) is 9.22. The third kappa shape index (κ3) is 5.23. The summed E-state index contributed by atoms with van der Waals surface area (Å²) in [5, 5.41) is 12.8. The lowest BCUT2D eigenvalue weighted by molar-refractivity contribution is -0.138. The van der Waals surface area contributed by atoms with Crippen LogP contribution >= 0.6 is 0 Å². The fourth-order valence-electron chi connectivity index (χ4n) is 6.93. The van der Waals surface area contributed by atoms with Gasteiger partial charge in [-0.1, -0.05) is 60.7 Å². The minimum absolute atomic E-state index is 0.0100. The second kappa shape index (κ2) is 11.4. The molecule has 0 aliphatic heterocycles. The number of fused-ring (bicyclic) bond motifs is 6. The predicted octanol–water partition coefficient (Wildman–Crippen LogP) is 12.5. The summed E-state index contributed by atoms with van der Waals surface area (Å²) in [4.78, 5) is 0. The number of nitrogens with zero attached hydrogens (tertiary/aromatic N) is 3. The smallest absolute Gasteiger partial charge is 0.308 e. The van der Waals surface area contributed by atoms with Crippen molar-refractivity contribution in [3.63, 3.8) is 0 Å². The molecule has 2 aromatic heterocycles. The Balaban J connectivity index is 1.56. The van der Waals surface area contributed by atoms with Crippen LogP contribution in [-0.2, 0) is 18.5 Å². The van der Waals surface area contributed by atoms with Gasteiger partial charge < -0.3 is 9.13 Å². The van der Waals surface area contributed by atoms with Gasteiger partial charge in [-0.2, -0.15) is 44.8 Å². The fourth-order valence-corrected chi connectivity index (χ4v) is 6.93. The van der Waals surface area contributed by atoms with Gasteiger partial charge in [-0.3, -0.25) is 0 Å². The van der Waals surface area contributed by atoms with E-state index in [0.717, 1.165) is 36.4 Å². The first-order chi connectivity index (χ1) is 24.6. The molecule has 52 heavy (non-hydrogen) atoms. The summed E-state index contributed by atoms with van der Waals surface area (Å²) >= 11 is 0. The molecule has 258 valence electrons. The molecule has 0 radical (unpaired) electrons. The average molecular weight is 714 g/mol. The van der Waals surface area contributed by atoms with E-state index >= 15 is 0 Å². The zero-order valence-electron chi connectivity index (χ0n) is 26.3. The highest BCUT2D eigenvalue weighted by molar-refractivity contribution is 6.11. The molecule has 2 heterocycles. The highest BCUT2D eigenvalue weighted by atomic mass is 19.4. The summed E-state index contributed by atoms with van der Waals surface area (Å²) < 4.78 is 129. The summed E-state index contributed by atoms with van der Waals surface area (Å²) in [7, 11) is 0. The normalized spacial score (nSPS) is 12.7. The largest absolute Gasteiger partial charge is 0.416 e. The standard InChI is InChI=1S/C40H20F9N3/c41-38(42,43)24-7-5-6-22(16-24)23-17-34(51-32-10-3-1-8-27(32)29-14-12-25(19-36(29)51)39(44,45)46)31(21-50)35(18-23)52-33-11-4-2-9-28(33)30-15-13-26(20-37(30)52)40(47,48)49/h1-20H. The molecule has 0 aliphatic carbocycles. The minimum Gasteiger partial charge on any atom is -0.308 e. The van der Waals surface area contributed by atoms with Gasteiger partial charge in [0.15, 0.2) is 0 Å². The molecule has 0 N–H and O–H groups in total. The SMILES string of the molecule is N#Cc1c(-n2c3ccccc3c3ccc(C(F)(F)F)cc32)cc(-c2cccc(C(F)(F)F)c2)cc1-n1c2ccccc2c2ccc(C(F)(F)F)cc21. The maximum atomic E-state index is 14.1. The molecule has 0 saturated carbocycles. The van der Waals surface area contributed by atoms with Crippen LogP contribution in [0.15, 0.2) is 121 Å². The lowest BCUT2D eigenvalue weighted by Gasteiger charge is -2.19. The lowest BCUT2D eigenvalue weighted by Crippen LogP contribution is -2.08. The molecule has 0 fully saturated rings. The highest BCUT2D eigenvalue weighted by Gasteiger charge is 2.34. The molecule has 0 atom stereocenters. The molecule has 0 amide bonds. The van der Waals surface area contributed by atoms with Crippen molar-refractivity contribution in [1.29, 1.82) is 5.26 Å². The first-order valence-electron chi connectivity index (χ1n) is 15.6. The molecule has 3 nitrogen and oxygen atoms in total. The van der Waals surface area contributed by atoms with Crippen LogP contribution in [0.25, 0.3) is 66.1 Å². The Bertz CT molecular complexity index is 2620. The van der Waals surface area contributed by atoms with E-state index in [9.17, 15) is 44.8 Å². The molecule has 0 unspecified atom stereocenters. The summed E-state index contributed by atoms with van der Waals surface area (Å²) in [5.41, 5.74) is -1.97. The quantitative estimate of drug-likeness (QED) is 0.168. The van der Waals surface area contributed by atoms with Crippen molar-refractivity contribution in [2.75, 3.05) is 0 Å². The Morgan fingerprint density at radius 2 is 0.827 bits per heavy atom. The first kappa shape index (κ1) is 33.0. The Kier molecular flexibility index (Phi) is 7.22. The van der Waals surface area contributed by atoms with Gasteiger partial charge in [0.2, 0.25) is 0 Å². The zero-order valence-corrected chi connectivity index (χ0v) is 26.3. The number of para-hydroxylation sites is 2. The maximum Gasteiger partial charge on any atom is 0.416 e. The maximum absolute atomic E-state index is 14.1. The minimum atomic E-state index is -4.74. The monoisotopic (exact) mass is 713 g/mol. The molecule has 0 spiro atoms. The molecule has 0 aliphatic rings. The third-order valence-electron chi connectivity index (χ3n) is 9.22. The molecule has 0 saturated heterocycles. The van der Waals surface area contributed by atoms with Gasteiger partial charge in [-0.15, -0.1) is 0 Å². The summed E-state index contributed by atoms with van der Waals surface area (Å²) in [6.07, 6.45) is -14.2. The second-order valence-electron chi connectivity index (χ2n) is 12.2. The van der Waals surface area contributed by atoms with Crippen molar-refractivity contribution in [2.45, 2.75) is 18.5 Å². The molecule has 12 heteroatoms. The lowest BCUT2D eigenvalue weighted by atomic mass is 9.98. The van der Waals surface area contributed by atoms with Crippen LogP contribution in [0, 0.1) is 11.3 Å². The number of benzene rings is 6. The second-order valence-corrected chi connectivity index (χ2v) is 12.2. The topological polar surface area (TPSA) is 33.6 Å². The Morgan fingerprint density at radius 3 is 1.27 bits per heavy atom. The summed E-state index contributed by atoms with van der Waals surface area (Å²) in [5.74, 6) is 0. The van der Waals surface area contributed by atoms with Crippen LogP contribution in [0.1, 0.15) is 22.3 Å². The summed E-state index contributed by atoms with van der Waals surface area (Å²) in [6.45, 7) is 0. The highest BCUT2D eigenvalue weighted by Crippen LogP contribution is 2.43. The van der Waals surface area contributed by atoms with Gasteiger partial charge in [0.05, 0.1) is 50.1 Å².